The highest BCUT2D eigenvalue weighted by molar-refractivity contribution is 5.78. The van der Waals surface area contributed by atoms with Crippen molar-refractivity contribution in [3.63, 3.8) is 0 Å². The van der Waals surface area contributed by atoms with Crippen LogP contribution in [0.2, 0.25) is 0 Å². The predicted octanol–water partition coefficient (Wildman–Crippen LogP) is 7.35. The van der Waals surface area contributed by atoms with Crippen LogP contribution in [-0.4, -0.2) is 30.0 Å². The number of ether oxygens (including phenoxy) is 1. The average molecular weight is 482 g/mol. The van der Waals surface area contributed by atoms with Gasteiger partial charge < -0.3 is 9.64 Å². The quantitative estimate of drug-likeness (QED) is 0.283. The maximum Gasteiger partial charge on any atom is 0.222 e. The van der Waals surface area contributed by atoms with Crippen LogP contribution in [0.3, 0.4) is 0 Å². The lowest BCUT2D eigenvalue weighted by Crippen LogP contribution is -2.41. The molecule has 36 heavy (non-hydrogen) atoms. The first kappa shape index (κ1) is 24.8. The van der Waals surface area contributed by atoms with Gasteiger partial charge in [-0.1, -0.05) is 123 Å². The molecule has 0 radical (unpaired) electrons. The van der Waals surface area contributed by atoms with Crippen LogP contribution < -0.4 is 0 Å². The Morgan fingerprint density at radius 3 is 1.78 bits per heavy atom. The molecule has 1 amide bonds. The molecule has 0 aromatic heterocycles. The first-order valence-electron chi connectivity index (χ1n) is 13.9. The third kappa shape index (κ3) is 5.42. The zero-order valence-electron chi connectivity index (χ0n) is 21.4. The van der Waals surface area contributed by atoms with E-state index in [2.05, 4.69) is 77.7 Å². The van der Waals surface area contributed by atoms with Crippen LogP contribution >= 0.6 is 0 Å². The van der Waals surface area contributed by atoms with Gasteiger partial charge >= 0.3 is 0 Å². The summed E-state index contributed by atoms with van der Waals surface area (Å²) in [4.78, 5) is 15.0. The molecule has 1 saturated carbocycles. The first-order chi connectivity index (χ1) is 17.8. The van der Waals surface area contributed by atoms with E-state index in [-0.39, 0.29) is 11.9 Å². The Morgan fingerprint density at radius 1 is 0.722 bits per heavy atom. The number of amides is 1. The number of hydrogen-bond donors (Lipinski definition) is 0. The van der Waals surface area contributed by atoms with E-state index in [1.807, 2.05) is 18.2 Å². The minimum absolute atomic E-state index is 0.124. The van der Waals surface area contributed by atoms with Crippen molar-refractivity contribution >= 4 is 5.91 Å². The Bertz CT molecular complexity index is 980. The number of rotatable bonds is 10. The first-order valence-corrected chi connectivity index (χ1v) is 13.9. The summed E-state index contributed by atoms with van der Waals surface area (Å²) in [5, 5.41) is 0. The molecule has 0 unspecified atom stereocenters. The van der Waals surface area contributed by atoms with Crippen LogP contribution in [0.1, 0.15) is 74.5 Å². The Morgan fingerprint density at radius 2 is 1.25 bits per heavy atom. The van der Waals surface area contributed by atoms with E-state index in [0.29, 0.717) is 13.0 Å². The highest BCUT2D eigenvalue weighted by atomic mass is 16.5. The Hall–Kier alpha value is -2.91. The lowest BCUT2D eigenvalue weighted by Gasteiger charge is -2.38. The minimum atomic E-state index is -0.733. The number of likely N-dealkylation sites (tertiary alicyclic amines) is 1. The second-order valence-corrected chi connectivity index (χ2v) is 10.5. The smallest absolute Gasteiger partial charge is 0.222 e. The SMILES string of the molecule is O=C1CC[C@@H](COC(c2ccccc2)(c2ccccc2)c2ccccc2)N1CCCC1CCCCC1. The molecule has 5 rings (SSSR count). The summed E-state index contributed by atoms with van der Waals surface area (Å²) >= 11 is 0. The van der Waals surface area contributed by atoms with E-state index in [9.17, 15) is 4.79 Å². The molecule has 1 heterocycles. The Balaban J connectivity index is 1.38. The van der Waals surface area contributed by atoms with E-state index < -0.39 is 5.60 Å². The van der Waals surface area contributed by atoms with Crippen LogP contribution in [-0.2, 0) is 15.1 Å². The fraction of sp³-hybridized carbons (Fsp3) is 0.424. The highest BCUT2D eigenvalue weighted by Crippen LogP contribution is 2.41. The summed E-state index contributed by atoms with van der Waals surface area (Å²) in [6, 6.07) is 31.7. The van der Waals surface area contributed by atoms with Gasteiger partial charge in [-0.05, 0) is 41.9 Å². The van der Waals surface area contributed by atoms with Gasteiger partial charge in [-0.2, -0.15) is 0 Å². The normalized spacial score (nSPS) is 19.1. The van der Waals surface area contributed by atoms with E-state index in [1.165, 1.54) is 38.5 Å². The van der Waals surface area contributed by atoms with Gasteiger partial charge in [0.15, 0.2) is 0 Å². The van der Waals surface area contributed by atoms with Gasteiger partial charge in [0.05, 0.1) is 12.6 Å². The fourth-order valence-electron chi connectivity index (χ4n) is 6.29. The number of carbonyl (C=O) groups excluding carboxylic acids is 1. The zero-order chi connectivity index (χ0) is 24.6. The molecular weight excluding hydrogens is 442 g/mol. The lowest BCUT2D eigenvalue weighted by atomic mass is 9.80. The van der Waals surface area contributed by atoms with Crippen molar-refractivity contribution in [1.29, 1.82) is 0 Å². The van der Waals surface area contributed by atoms with Gasteiger partial charge in [-0.15, -0.1) is 0 Å². The van der Waals surface area contributed by atoms with Crippen molar-refractivity contribution in [3.05, 3.63) is 108 Å². The summed E-state index contributed by atoms with van der Waals surface area (Å²) in [6.07, 6.45) is 10.8. The molecule has 3 aromatic rings. The Labute approximate surface area is 216 Å². The van der Waals surface area contributed by atoms with Crippen molar-refractivity contribution < 1.29 is 9.53 Å². The summed E-state index contributed by atoms with van der Waals surface area (Å²) in [5.74, 6) is 1.14. The predicted molar refractivity (Wildman–Crippen MR) is 146 cm³/mol. The van der Waals surface area contributed by atoms with Crippen LogP contribution in [0, 0.1) is 5.92 Å². The second-order valence-electron chi connectivity index (χ2n) is 10.5. The molecule has 3 nitrogen and oxygen atoms in total. The van der Waals surface area contributed by atoms with Gasteiger partial charge in [0.1, 0.15) is 5.60 Å². The maximum atomic E-state index is 12.9. The molecule has 0 bridgehead atoms. The maximum absolute atomic E-state index is 12.9. The van der Waals surface area contributed by atoms with Crippen molar-refractivity contribution in [2.45, 2.75) is 69.4 Å². The monoisotopic (exact) mass is 481 g/mol. The van der Waals surface area contributed by atoms with E-state index in [0.717, 1.165) is 42.0 Å². The van der Waals surface area contributed by atoms with Gasteiger partial charge in [-0.25, -0.2) is 0 Å². The molecular formula is C33H39NO2. The third-order valence-electron chi connectivity index (χ3n) is 8.22. The van der Waals surface area contributed by atoms with Crippen LogP contribution in [0.5, 0.6) is 0 Å². The molecule has 1 saturated heterocycles. The average Bonchev–Trinajstić information content (AvgIpc) is 3.30. The summed E-state index contributed by atoms with van der Waals surface area (Å²) in [5.41, 5.74) is 2.59. The number of benzene rings is 3. The highest BCUT2D eigenvalue weighted by Gasteiger charge is 2.40. The number of carbonyl (C=O) groups is 1. The fourth-order valence-corrected chi connectivity index (χ4v) is 6.29. The van der Waals surface area contributed by atoms with E-state index in [1.54, 1.807) is 0 Å². The summed E-state index contributed by atoms with van der Waals surface area (Å²) in [7, 11) is 0. The molecule has 1 atom stereocenters. The molecule has 3 heteroatoms. The van der Waals surface area contributed by atoms with Gasteiger partial charge in [0.25, 0.3) is 0 Å². The van der Waals surface area contributed by atoms with Crippen molar-refractivity contribution in [1.82, 2.24) is 4.90 Å². The molecule has 1 aliphatic carbocycles. The van der Waals surface area contributed by atoms with Gasteiger partial charge in [0.2, 0.25) is 5.91 Å². The molecule has 1 aliphatic heterocycles. The second kappa shape index (κ2) is 11.9. The molecule has 0 spiro atoms. The molecule has 188 valence electrons. The van der Waals surface area contributed by atoms with Crippen LogP contribution in [0.25, 0.3) is 0 Å². The van der Waals surface area contributed by atoms with E-state index in [4.69, 9.17) is 4.74 Å². The lowest BCUT2D eigenvalue weighted by molar-refractivity contribution is -0.130. The largest absolute Gasteiger partial charge is 0.359 e. The number of nitrogens with zero attached hydrogens (tertiary/aromatic N) is 1. The van der Waals surface area contributed by atoms with Crippen molar-refractivity contribution in [2.75, 3.05) is 13.2 Å². The Kier molecular flexibility index (Phi) is 8.18. The van der Waals surface area contributed by atoms with Crippen molar-refractivity contribution in [2.24, 2.45) is 5.92 Å². The molecule has 2 fully saturated rings. The zero-order valence-corrected chi connectivity index (χ0v) is 21.4. The minimum Gasteiger partial charge on any atom is -0.359 e. The van der Waals surface area contributed by atoms with Gasteiger partial charge in [-0.3, -0.25) is 4.79 Å². The topological polar surface area (TPSA) is 29.5 Å². The summed E-state index contributed by atoms with van der Waals surface area (Å²) < 4.78 is 7.05. The molecule has 2 aliphatic rings. The molecule has 0 N–H and O–H groups in total. The van der Waals surface area contributed by atoms with Gasteiger partial charge in [0, 0.05) is 13.0 Å². The number of hydrogen-bond acceptors (Lipinski definition) is 2. The van der Waals surface area contributed by atoms with Crippen molar-refractivity contribution in [3.8, 4) is 0 Å². The van der Waals surface area contributed by atoms with Crippen LogP contribution in [0.4, 0.5) is 0 Å². The van der Waals surface area contributed by atoms with E-state index >= 15 is 0 Å². The molecule has 3 aromatic carbocycles. The standard InChI is InChI=1S/C33H39NO2/c35-32-24-23-31(34(32)25-13-16-27-14-5-1-6-15-27)26-36-33(28-17-7-2-8-18-28,29-19-9-3-10-20-29)30-21-11-4-12-22-30/h2-4,7-12,17-22,27,31H,1,5-6,13-16,23-26H2/t31-/m0/s1. The third-order valence-corrected chi connectivity index (χ3v) is 8.22. The summed E-state index contributed by atoms with van der Waals surface area (Å²) in [6.45, 7) is 1.38. The van der Waals surface area contributed by atoms with Crippen LogP contribution in [0.15, 0.2) is 91.0 Å².